The van der Waals surface area contributed by atoms with Crippen molar-refractivity contribution in [1.29, 1.82) is 0 Å². The lowest BCUT2D eigenvalue weighted by atomic mass is 9.95. The van der Waals surface area contributed by atoms with Gasteiger partial charge in [0, 0.05) is 22.9 Å². The molecule has 7 nitrogen and oxygen atoms in total. The molecule has 4 rings (SSSR count). The minimum Gasteiger partial charge on any atom is -0.489 e. The van der Waals surface area contributed by atoms with Crippen LogP contribution in [0.2, 0.25) is 0 Å². The lowest BCUT2D eigenvalue weighted by Gasteiger charge is -2.23. The molecule has 1 heterocycles. The number of benzene rings is 2. The van der Waals surface area contributed by atoms with E-state index in [1.165, 1.54) is 19.3 Å². The largest absolute Gasteiger partial charge is 0.489 e. The lowest BCUT2D eigenvalue weighted by Crippen LogP contribution is -2.36. The molecule has 0 radical (unpaired) electrons. The van der Waals surface area contributed by atoms with E-state index >= 15 is 0 Å². The van der Waals surface area contributed by atoms with Gasteiger partial charge in [0.25, 0.3) is 11.8 Å². The number of nitrogens with zero attached hydrogens (tertiary/aromatic N) is 1. The van der Waals surface area contributed by atoms with Gasteiger partial charge in [-0.25, -0.2) is 0 Å². The molecular formula is C27H31N3O4. The van der Waals surface area contributed by atoms with Crippen molar-refractivity contribution in [1.82, 2.24) is 10.5 Å². The second-order valence-corrected chi connectivity index (χ2v) is 8.91. The van der Waals surface area contributed by atoms with Gasteiger partial charge in [0.15, 0.2) is 0 Å². The van der Waals surface area contributed by atoms with E-state index in [2.05, 4.69) is 15.8 Å². The zero-order valence-corrected chi connectivity index (χ0v) is 19.9. The average molecular weight is 462 g/mol. The summed E-state index contributed by atoms with van der Waals surface area (Å²) in [6.45, 7) is 5.91. The van der Waals surface area contributed by atoms with Crippen molar-refractivity contribution in [3.05, 3.63) is 76.2 Å². The van der Waals surface area contributed by atoms with Gasteiger partial charge < -0.3 is 19.9 Å². The third-order valence-corrected chi connectivity index (χ3v) is 6.34. The maximum absolute atomic E-state index is 12.9. The van der Waals surface area contributed by atoms with E-state index in [-0.39, 0.29) is 17.9 Å². The molecule has 34 heavy (non-hydrogen) atoms. The highest BCUT2D eigenvalue weighted by Crippen LogP contribution is 2.22. The molecule has 2 amide bonds. The molecule has 1 aliphatic rings. The van der Waals surface area contributed by atoms with Crippen LogP contribution in [0.25, 0.3) is 0 Å². The number of carbonyl (C=O) groups is 2. The Morgan fingerprint density at radius 2 is 1.76 bits per heavy atom. The van der Waals surface area contributed by atoms with Crippen molar-refractivity contribution < 1.29 is 18.8 Å². The van der Waals surface area contributed by atoms with Gasteiger partial charge in [0.1, 0.15) is 18.1 Å². The van der Waals surface area contributed by atoms with Crippen molar-refractivity contribution >= 4 is 17.5 Å². The fourth-order valence-electron chi connectivity index (χ4n) is 4.25. The number of anilines is 1. The zero-order chi connectivity index (χ0) is 24.1. The van der Waals surface area contributed by atoms with Crippen LogP contribution in [0.1, 0.15) is 75.4 Å². The summed E-state index contributed by atoms with van der Waals surface area (Å²) in [6.07, 6.45) is 5.66. The molecule has 1 aromatic heterocycles. The van der Waals surface area contributed by atoms with Gasteiger partial charge in [-0.3, -0.25) is 9.59 Å². The Kier molecular flexibility index (Phi) is 7.30. The van der Waals surface area contributed by atoms with Crippen molar-refractivity contribution in [2.75, 3.05) is 5.32 Å². The molecule has 0 aliphatic heterocycles. The molecule has 0 unspecified atom stereocenters. The highest BCUT2D eigenvalue weighted by atomic mass is 16.5. The molecule has 1 saturated carbocycles. The van der Waals surface area contributed by atoms with Gasteiger partial charge in [0.05, 0.1) is 11.3 Å². The molecule has 0 saturated heterocycles. The maximum Gasteiger partial charge on any atom is 0.255 e. The monoisotopic (exact) mass is 461 g/mol. The summed E-state index contributed by atoms with van der Waals surface area (Å²) in [5.41, 5.74) is 4.28. The standard InChI is InChI=1S/C27H31N3O4/c1-17-14-21(26(31)28-22-9-5-4-6-10-22)12-13-25(17)29-27(32)20-8-7-11-23(15-20)33-16-24-18(2)30-34-19(24)3/h7-8,11-15,22H,4-6,9-10,16H2,1-3H3,(H,28,31)(H,29,32). The highest BCUT2D eigenvalue weighted by molar-refractivity contribution is 6.05. The van der Waals surface area contributed by atoms with Gasteiger partial charge in [-0.1, -0.05) is 30.5 Å². The molecule has 7 heteroatoms. The summed E-state index contributed by atoms with van der Waals surface area (Å²) in [7, 11) is 0. The number of rotatable bonds is 7. The van der Waals surface area contributed by atoms with Crippen LogP contribution in [0, 0.1) is 20.8 Å². The SMILES string of the molecule is Cc1cc(C(=O)NC2CCCCC2)ccc1NC(=O)c1cccc(OCc2c(C)noc2C)c1. The first-order valence-corrected chi connectivity index (χ1v) is 11.8. The van der Waals surface area contributed by atoms with E-state index in [1.54, 1.807) is 36.4 Å². The molecule has 3 aromatic rings. The van der Waals surface area contributed by atoms with Gasteiger partial charge in [-0.15, -0.1) is 0 Å². The fraction of sp³-hybridized carbons (Fsp3) is 0.370. The van der Waals surface area contributed by atoms with Crippen molar-refractivity contribution in [2.24, 2.45) is 0 Å². The fourth-order valence-corrected chi connectivity index (χ4v) is 4.25. The normalized spacial score (nSPS) is 14.0. The third kappa shape index (κ3) is 5.65. The van der Waals surface area contributed by atoms with Crippen LogP contribution in [-0.4, -0.2) is 23.0 Å². The Hall–Kier alpha value is -3.61. The predicted molar refractivity (Wildman–Crippen MR) is 130 cm³/mol. The molecule has 1 aliphatic carbocycles. The summed E-state index contributed by atoms with van der Waals surface area (Å²) in [5, 5.41) is 10.0. The van der Waals surface area contributed by atoms with Crippen LogP contribution in [0.3, 0.4) is 0 Å². The van der Waals surface area contributed by atoms with E-state index in [1.807, 2.05) is 26.8 Å². The average Bonchev–Trinajstić information content (AvgIpc) is 3.16. The highest BCUT2D eigenvalue weighted by Gasteiger charge is 2.18. The second-order valence-electron chi connectivity index (χ2n) is 8.91. The molecule has 1 fully saturated rings. The minimum atomic E-state index is -0.245. The third-order valence-electron chi connectivity index (χ3n) is 6.34. The van der Waals surface area contributed by atoms with Gasteiger partial charge >= 0.3 is 0 Å². The molecule has 0 spiro atoms. The molecule has 0 bridgehead atoms. The van der Waals surface area contributed by atoms with Gasteiger partial charge in [0.2, 0.25) is 0 Å². The van der Waals surface area contributed by atoms with Crippen molar-refractivity contribution in [3.63, 3.8) is 0 Å². The summed E-state index contributed by atoms with van der Waals surface area (Å²) in [5.74, 6) is 0.998. The first-order valence-electron chi connectivity index (χ1n) is 11.8. The number of hydrogen-bond acceptors (Lipinski definition) is 5. The smallest absolute Gasteiger partial charge is 0.255 e. The Morgan fingerprint density at radius 3 is 2.47 bits per heavy atom. The van der Waals surface area contributed by atoms with E-state index in [9.17, 15) is 9.59 Å². The van der Waals surface area contributed by atoms with E-state index in [4.69, 9.17) is 9.26 Å². The molecule has 178 valence electrons. The molecule has 2 N–H and O–H groups in total. The van der Waals surface area contributed by atoms with Gasteiger partial charge in [-0.2, -0.15) is 0 Å². The van der Waals surface area contributed by atoms with Gasteiger partial charge in [-0.05, 0) is 75.6 Å². The van der Waals surface area contributed by atoms with Crippen LogP contribution in [0.4, 0.5) is 5.69 Å². The Balaban J connectivity index is 1.38. The molecular weight excluding hydrogens is 430 g/mol. The lowest BCUT2D eigenvalue weighted by molar-refractivity contribution is 0.0927. The Bertz CT molecular complexity index is 1160. The first-order chi connectivity index (χ1) is 16.4. The summed E-state index contributed by atoms with van der Waals surface area (Å²) in [6, 6.07) is 12.6. The number of aromatic nitrogens is 1. The first kappa shape index (κ1) is 23.5. The van der Waals surface area contributed by atoms with E-state index < -0.39 is 0 Å². The predicted octanol–water partition coefficient (Wildman–Crippen LogP) is 5.49. The summed E-state index contributed by atoms with van der Waals surface area (Å²) in [4.78, 5) is 25.5. The van der Waals surface area contributed by atoms with E-state index in [0.29, 0.717) is 29.2 Å². The number of aryl methyl sites for hydroxylation is 3. The number of nitrogens with one attached hydrogen (secondary N) is 2. The zero-order valence-electron chi connectivity index (χ0n) is 19.9. The summed E-state index contributed by atoms with van der Waals surface area (Å²) >= 11 is 0. The number of ether oxygens (including phenoxy) is 1. The molecule has 2 aromatic carbocycles. The quantitative estimate of drug-likeness (QED) is 0.485. The minimum absolute atomic E-state index is 0.0592. The topological polar surface area (TPSA) is 93.5 Å². The number of hydrogen-bond donors (Lipinski definition) is 2. The molecule has 0 atom stereocenters. The van der Waals surface area contributed by atoms with E-state index in [0.717, 1.165) is 35.4 Å². The van der Waals surface area contributed by atoms with Crippen LogP contribution in [0.15, 0.2) is 47.0 Å². The van der Waals surface area contributed by atoms with Crippen molar-refractivity contribution in [2.45, 2.75) is 65.5 Å². The Labute approximate surface area is 199 Å². The van der Waals surface area contributed by atoms with Crippen LogP contribution in [-0.2, 0) is 6.61 Å². The van der Waals surface area contributed by atoms with Crippen LogP contribution in [0.5, 0.6) is 5.75 Å². The van der Waals surface area contributed by atoms with Crippen molar-refractivity contribution in [3.8, 4) is 5.75 Å². The Morgan fingerprint density at radius 1 is 1.00 bits per heavy atom. The number of amides is 2. The van der Waals surface area contributed by atoms with Crippen LogP contribution >= 0.6 is 0 Å². The second kappa shape index (κ2) is 10.5. The maximum atomic E-state index is 12.9. The summed E-state index contributed by atoms with van der Waals surface area (Å²) < 4.78 is 11.0. The van der Waals surface area contributed by atoms with Crippen LogP contribution < -0.4 is 15.4 Å². The number of carbonyl (C=O) groups excluding carboxylic acids is 2.